The van der Waals surface area contributed by atoms with Crippen molar-refractivity contribution in [1.29, 1.82) is 0 Å². The maximum atomic E-state index is 11.7. The Bertz CT molecular complexity index is 528. The highest BCUT2D eigenvalue weighted by Gasteiger charge is 2.13. The summed E-state index contributed by atoms with van der Waals surface area (Å²) in [6.45, 7) is 2.17. The molecule has 3 nitrogen and oxygen atoms in total. The van der Waals surface area contributed by atoms with E-state index in [1.54, 1.807) is 17.4 Å². The molecule has 0 radical (unpaired) electrons. The highest BCUT2D eigenvalue weighted by Crippen LogP contribution is 2.26. The van der Waals surface area contributed by atoms with Crippen molar-refractivity contribution in [2.45, 2.75) is 13.5 Å². The smallest absolute Gasteiger partial charge is 0.348 e. The molecule has 0 aliphatic heterocycles. The molecule has 2 aromatic heterocycles. The third-order valence-corrected chi connectivity index (χ3v) is 5.13. The van der Waals surface area contributed by atoms with Gasteiger partial charge < -0.3 is 10.5 Å². The van der Waals surface area contributed by atoms with Crippen LogP contribution >= 0.6 is 38.6 Å². The zero-order valence-electron chi connectivity index (χ0n) is 9.03. The van der Waals surface area contributed by atoms with E-state index in [1.807, 2.05) is 18.4 Å². The number of ether oxygens (including phenoxy) is 1. The Hall–Kier alpha value is -0.850. The zero-order valence-corrected chi connectivity index (χ0v) is 12.2. The fourth-order valence-electron chi connectivity index (χ4n) is 1.23. The number of carbonyl (C=O) groups excluding carboxylic acids is 1. The van der Waals surface area contributed by atoms with Crippen LogP contribution in [0.1, 0.15) is 19.4 Å². The second-order valence-electron chi connectivity index (χ2n) is 3.39. The van der Waals surface area contributed by atoms with Crippen LogP contribution in [0.25, 0.3) is 0 Å². The summed E-state index contributed by atoms with van der Waals surface area (Å²) in [6, 6.07) is 3.59. The number of aryl methyl sites for hydroxylation is 1. The number of rotatable bonds is 3. The Morgan fingerprint density at radius 2 is 2.35 bits per heavy atom. The maximum Gasteiger partial charge on any atom is 0.348 e. The van der Waals surface area contributed by atoms with Crippen LogP contribution in [-0.4, -0.2) is 5.97 Å². The normalized spacial score (nSPS) is 10.5. The molecule has 0 atom stereocenters. The predicted molar refractivity (Wildman–Crippen MR) is 74.6 cm³/mol. The molecule has 0 bridgehead atoms. The van der Waals surface area contributed by atoms with Gasteiger partial charge in [0.25, 0.3) is 0 Å². The summed E-state index contributed by atoms with van der Waals surface area (Å²) in [5.41, 5.74) is 6.33. The van der Waals surface area contributed by atoms with Gasteiger partial charge in [0, 0.05) is 15.0 Å². The molecule has 2 aromatic rings. The monoisotopic (exact) mass is 331 g/mol. The van der Waals surface area contributed by atoms with Crippen LogP contribution in [0.5, 0.6) is 0 Å². The number of nitrogens with two attached hydrogens (primary N) is 1. The molecule has 0 aromatic carbocycles. The van der Waals surface area contributed by atoms with Crippen molar-refractivity contribution >= 4 is 50.3 Å². The molecule has 6 heteroatoms. The fraction of sp³-hybridized carbons (Fsp3) is 0.182. The molecule has 0 amide bonds. The topological polar surface area (TPSA) is 52.3 Å². The van der Waals surface area contributed by atoms with Gasteiger partial charge in [-0.05, 0) is 40.4 Å². The van der Waals surface area contributed by atoms with E-state index in [9.17, 15) is 4.79 Å². The summed E-state index contributed by atoms with van der Waals surface area (Å²) in [7, 11) is 0. The summed E-state index contributed by atoms with van der Waals surface area (Å²) >= 11 is 6.30. The molecule has 2 heterocycles. The van der Waals surface area contributed by atoms with Gasteiger partial charge in [-0.25, -0.2) is 4.79 Å². The van der Waals surface area contributed by atoms with Gasteiger partial charge in [0.15, 0.2) is 0 Å². The summed E-state index contributed by atoms with van der Waals surface area (Å²) < 4.78 is 6.19. The lowest BCUT2D eigenvalue weighted by Crippen LogP contribution is -2.02. The molecule has 0 saturated heterocycles. The largest absolute Gasteiger partial charge is 0.456 e. The molecule has 90 valence electrons. The van der Waals surface area contributed by atoms with E-state index < -0.39 is 0 Å². The highest BCUT2D eigenvalue weighted by molar-refractivity contribution is 9.10. The van der Waals surface area contributed by atoms with E-state index >= 15 is 0 Å². The molecule has 17 heavy (non-hydrogen) atoms. The van der Waals surface area contributed by atoms with Gasteiger partial charge in [-0.1, -0.05) is 0 Å². The van der Waals surface area contributed by atoms with Crippen LogP contribution < -0.4 is 5.73 Å². The number of hydrogen-bond acceptors (Lipinski definition) is 5. The number of halogens is 1. The fourth-order valence-corrected chi connectivity index (χ4v) is 3.44. The Balaban J connectivity index is 2.00. The van der Waals surface area contributed by atoms with Gasteiger partial charge in [-0.3, -0.25) is 0 Å². The van der Waals surface area contributed by atoms with Gasteiger partial charge >= 0.3 is 5.97 Å². The average Bonchev–Trinajstić information content (AvgIpc) is 2.83. The first-order valence-corrected chi connectivity index (χ1v) is 7.31. The molecule has 0 saturated carbocycles. The first-order valence-electron chi connectivity index (χ1n) is 4.83. The molecule has 0 aliphatic rings. The first kappa shape index (κ1) is 12.6. The minimum Gasteiger partial charge on any atom is -0.456 e. The molecular formula is C11H10BrNO2S2. The quantitative estimate of drug-likeness (QED) is 0.870. The highest BCUT2D eigenvalue weighted by atomic mass is 79.9. The lowest BCUT2D eigenvalue weighted by atomic mass is 10.4. The van der Waals surface area contributed by atoms with Crippen LogP contribution in [-0.2, 0) is 11.3 Å². The Labute approximate surface area is 115 Å². The summed E-state index contributed by atoms with van der Waals surface area (Å²) in [4.78, 5) is 14.2. The molecule has 2 N–H and O–H groups in total. The molecule has 0 spiro atoms. The van der Waals surface area contributed by atoms with Crippen LogP contribution in [0.4, 0.5) is 5.69 Å². The molecule has 0 unspecified atom stereocenters. The van der Waals surface area contributed by atoms with Gasteiger partial charge in [0.1, 0.15) is 11.5 Å². The van der Waals surface area contributed by atoms with Crippen molar-refractivity contribution in [3.8, 4) is 0 Å². The summed E-state index contributed by atoms with van der Waals surface area (Å²) in [5, 5.41) is 1.94. The molecule has 0 fully saturated rings. The predicted octanol–water partition coefficient (Wildman–Crippen LogP) is 3.82. The minimum atomic E-state index is -0.324. The Morgan fingerprint density at radius 3 is 2.88 bits per heavy atom. The second kappa shape index (κ2) is 5.20. The first-order chi connectivity index (χ1) is 8.08. The van der Waals surface area contributed by atoms with Crippen molar-refractivity contribution in [3.05, 3.63) is 36.6 Å². The van der Waals surface area contributed by atoms with Gasteiger partial charge in [0.05, 0.1) is 4.88 Å². The van der Waals surface area contributed by atoms with E-state index in [2.05, 4.69) is 15.9 Å². The Kier molecular flexibility index (Phi) is 3.86. The van der Waals surface area contributed by atoms with E-state index in [1.165, 1.54) is 11.3 Å². The average molecular weight is 332 g/mol. The number of carbonyl (C=O) groups is 1. The number of hydrogen-bond donors (Lipinski definition) is 1. The number of esters is 1. The van der Waals surface area contributed by atoms with E-state index in [4.69, 9.17) is 10.5 Å². The van der Waals surface area contributed by atoms with Crippen molar-refractivity contribution < 1.29 is 9.53 Å². The minimum absolute atomic E-state index is 0.286. The SMILES string of the molecule is Cc1sc(C(=O)OCc2sccc2Br)cc1N. The third-order valence-electron chi connectivity index (χ3n) is 2.18. The van der Waals surface area contributed by atoms with Crippen molar-refractivity contribution in [1.82, 2.24) is 0 Å². The van der Waals surface area contributed by atoms with Gasteiger partial charge in [-0.2, -0.15) is 0 Å². The van der Waals surface area contributed by atoms with Crippen molar-refractivity contribution in [2.24, 2.45) is 0 Å². The lowest BCUT2D eigenvalue weighted by molar-refractivity contribution is 0.0482. The van der Waals surface area contributed by atoms with Crippen molar-refractivity contribution in [3.63, 3.8) is 0 Å². The maximum absolute atomic E-state index is 11.7. The summed E-state index contributed by atoms with van der Waals surface area (Å²) in [5.74, 6) is -0.324. The number of anilines is 1. The van der Waals surface area contributed by atoms with Crippen LogP contribution in [0.3, 0.4) is 0 Å². The van der Waals surface area contributed by atoms with Gasteiger partial charge in [-0.15, -0.1) is 22.7 Å². The molecule has 2 rings (SSSR count). The lowest BCUT2D eigenvalue weighted by Gasteiger charge is -2.01. The number of thiophene rings is 2. The van der Waals surface area contributed by atoms with Crippen LogP contribution in [0.2, 0.25) is 0 Å². The third kappa shape index (κ3) is 2.88. The second-order valence-corrected chi connectivity index (χ2v) is 6.50. The summed E-state index contributed by atoms with van der Waals surface area (Å²) in [6.07, 6.45) is 0. The van der Waals surface area contributed by atoms with Gasteiger partial charge in [0.2, 0.25) is 0 Å². The van der Waals surface area contributed by atoms with E-state index in [0.29, 0.717) is 10.6 Å². The standard InChI is InChI=1S/C11H10BrNO2S2/c1-6-8(13)4-9(17-6)11(14)15-5-10-7(12)2-3-16-10/h2-4H,5,13H2,1H3. The van der Waals surface area contributed by atoms with E-state index in [-0.39, 0.29) is 12.6 Å². The Morgan fingerprint density at radius 1 is 1.59 bits per heavy atom. The van der Waals surface area contributed by atoms with Crippen LogP contribution in [0.15, 0.2) is 22.0 Å². The zero-order chi connectivity index (χ0) is 12.4. The molecular weight excluding hydrogens is 322 g/mol. The van der Waals surface area contributed by atoms with Crippen molar-refractivity contribution in [2.75, 3.05) is 5.73 Å². The molecule has 0 aliphatic carbocycles. The van der Waals surface area contributed by atoms with E-state index in [0.717, 1.165) is 14.2 Å². The van der Waals surface area contributed by atoms with Crippen LogP contribution in [0, 0.1) is 6.92 Å². The number of nitrogen functional groups attached to an aromatic ring is 1.